The number of anilines is 2. The van der Waals surface area contributed by atoms with Crippen molar-refractivity contribution < 1.29 is 19.1 Å². The minimum atomic E-state index is -1.07. The first-order valence-corrected chi connectivity index (χ1v) is 9.27. The molecule has 6 heteroatoms. The van der Waals surface area contributed by atoms with Crippen LogP contribution in [0.15, 0.2) is 48.5 Å². The van der Waals surface area contributed by atoms with Crippen molar-refractivity contribution in [3.63, 3.8) is 0 Å². The standard InChI is InChI=1S/C22H24N2O4/c1-14(2)15-7-9-17(10-8-15)23-20(26)22(11-12-22)21(27)24-18-6-4-5-16(13-18)19(25)28-3/h4-10,13-14H,11-12H2,1-3H3,(H,23,26)(H,24,27). The number of rotatable bonds is 6. The zero-order valence-electron chi connectivity index (χ0n) is 16.2. The molecule has 1 saturated carbocycles. The summed E-state index contributed by atoms with van der Waals surface area (Å²) in [5, 5.41) is 5.59. The smallest absolute Gasteiger partial charge is 0.337 e. The second-order valence-corrected chi connectivity index (χ2v) is 7.34. The van der Waals surface area contributed by atoms with E-state index in [0.717, 1.165) is 0 Å². The topological polar surface area (TPSA) is 84.5 Å². The van der Waals surface area contributed by atoms with Gasteiger partial charge in [0, 0.05) is 11.4 Å². The van der Waals surface area contributed by atoms with E-state index in [9.17, 15) is 14.4 Å². The summed E-state index contributed by atoms with van der Waals surface area (Å²) in [7, 11) is 1.30. The average molecular weight is 380 g/mol. The minimum absolute atomic E-state index is 0.314. The van der Waals surface area contributed by atoms with Crippen molar-refractivity contribution >= 4 is 29.2 Å². The van der Waals surface area contributed by atoms with Crippen LogP contribution in [0.25, 0.3) is 0 Å². The number of carbonyl (C=O) groups excluding carboxylic acids is 3. The molecule has 0 aliphatic heterocycles. The summed E-state index contributed by atoms with van der Waals surface area (Å²) >= 11 is 0. The Morgan fingerprint density at radius 1 is 0.929 bits per heavy atom. The molecule has 0 atom stereocenters. The third-order valence-electron chi connectivity index (χ3n) is 5.00. The summed E-state index contributed by atoms with van der Waals surface area (Å²) in [6, 6.07) is 14.1. The molecule has 2 aromatic rings. The molecule has 146 valence electrons. The Labute approximate surface area is 164 Å². The monoisotopic (exact) mass is 380 g/mol. The van der Waals surface area contributed by atoms with E-state index in [-0.39, 0.29) is 11.8 Å². The van der Waals surface area contributed by atoms with Gasteiger partial charge in [0.05, 0.1) is 12.7 Å². The molecule has 0 spiro atoms. The number of carbonyl (C=O) groups is 3. The lowest BCUT2D eigenvalue weighted by Crippen LogP contribution is -2.35. The zero-order valence-corrected chi connectivity index (χ0v) is 16.2. The molecule has 0 heterocycles. The van der Waals surface area contributed by atoms with Crippen molar-refractivity contribution in [1.82, 2.24) is 0 Å². The second kappa shape index (κ2) is 7.84. The fourth-order valence-corrected chi connectivity index (χ4v) is 2.98. The van der Waals surface area contributed by atoms with Gasteiger partial charge in [0.15, 0.2) is 0 Å². The van der Waals surface area contributed by atoms with Crippen LogP contribution in [-0.2, 0) is 14.3 Å². The van der Waals surface area contributed by atoms with Gasteiger partial charge in [0.1, 0.15) is 5.41 Å². The summed E-state index contributed by atoms with van der Waals surface area (Å²) in [5.74, 6) is -0.761. The molecule has 6 nitrogen and oxygen atoms in total. The van der Waals surface area contributed by atoms with Crippen LogP contribution < -0.4 is 10.6 Å². The first-order valence-electron chi connectivity index (χ1n) is 9.27. The van der Waals surface area contributed by atoms with Crippen molar-refractivity contribution in [2.45, 2.75) is 32.6 Å². The number of nitrogens with one attached hydrogen (secondary N) is 2. The Hall–Kier alpha value is -3.15. The highest BCUT2D eigenvalue weighted by molar-refractivity contribution is 6.17. The van der Waals surface area contributed by atoms with Crippen molar-refractivity contribution in [3.05, 3.63) is 59.7 Å². The summed E-state index contributed by atoms with van der Waals surface area (Å²) < 4.78 is 4.69. The molecular formula is C22H24N2O4. The third-order valence-corrected chi connectivity index (χ3v) is 5.00. The van der Waals surface area contributed by atoms with E-state index in [1.807, 2.05) is 24.3 Å². The van der Waals surface area contributed by atoms with Crippen LogP contribution in [0.3, 0.4) is 0 Å². The highest BCUT2D eigenvalue weighted by Crippen LogP contribution is 2.47. The number of hydrogen-bond donors (Lipinski definition) is 2. The number of benzene rings is 2. The molecule has 0 aromatic heterocycles. The van der Waals surface area contributed by atoms with Crippen LogP contribution in [0.2, 0.25) is 0 Å². The van der Waals surface area contributed by atoms with E-state index in [2.05, 4.69) is 29.2 Å². The first kappa shape index (κ1) is 19.6. The van der Waals surface area contributed by atoms with Crippen LogP contribution in [0.4, 0.5) is 11.4 Å². The number of hydrogen-bond acceptors (Lipinski definition) is 4. The van der Waals surface area contributed by atoms with Gasteiger partial charge in [-0.15, -0.1) is 0 Å². The Balaban J connectivity index is 1.68. The summed E-state index contributed by atoms with van der Waals surface area (Å²) in [6.07, 6.45) is 0.983. The van der Waals surface area contributed by atoms with Crippen LogP contribution in [0.1, 0.15) is 48.5 Å². The maximum absolute atomic E-state index is 12.7. The van der Waals surface area contributed by atoms with E-state index >= 15 is 0 Å². The summed E-state index contributed by atoms with van der Waals surface area (Å²) in [6.45, 7) is 4.21. The highest BCUT2D eigenvalue weighted by Gasteiger charge is 2.56. The van der Waals surface area contributed by atoms with E-state index in [1.165, 1.54) is 18.7 Å². The Kier molecular flexibility index (Phi) is 5.49. The molecule has 2 aromatic carbocycles. The molecule has 0 radical (unpaired) electrons. The van der Waals surface area contributed by atoms with Gasteiger partial charge in [-0.2, -0.15) is 0 Å². The van der Waals surface area contributed by atoms with Crippen molar-refractivity contribution in [2.24, 2.45) is 5.41 Å². The molecular weight excluding hydrogens is 356 g/mol. The second-order valence-electron chi connectivity index (χ2n) is 7.34. The van der Waals surface area contributed by atoms with Crippen LogP contribution >= 0.6 is 0 Å². The fourth-order valence-electron chi connectivity index (χ4n) is 2.98. The predicted octanol–water partition coefficient (Wildman–Crippen LogP) is 3.95. The van der Waals surface area contributed by atoms with Gasteiger partial charge in [-0.25, -0.2) is 4.79 Å². The summed E-state index contributed by atoms with van der Waals surface area (Å²) in [5.41, 5.74) is 1.56. The minimum Gasteiger partial charge on any atom is -0.465 e. The third kappa shape index (κ3) is 4.06. The van der Waals surface area contributed by atoms with E-state index in [1.54, 1.807) is 18.2 Å². The van der Waals surface area contributed by atoms with E-state index in [4.69, 9.17) is 0 Å². The molecule has 1 aliphatic carbocycles. The molecule has 0 saturated heterocycles. The van der Waals surface area contributed by atoms with E-state index < -0.39 is 11.4 Å². The van der Waals surface area contributed by atoms with Gasteiger partial charge in [-0.3, -0.25) is 9.59 Å². The van der Waals surface area contributed by atoms with Crippen LogP contribution in [0, 0.1) is 5.41 Å². The molecule has 2 N–H and O–H groups in total. The lowest BCUT2D eigenvalue weighted by molar-refractivity contribution is -0.131. The van der Waals surface area contributed by atoms with Gasteiger partial charge in [-0.1, -0.05) is 32.0 Å². The molecule has 3 rings (SSSR count). The zero-order chi connectivity index (χ0) is 20.3. The Morgan fingerprint density at radius 3 is 2.07 bits per heavy atom. The van der Waals surface area contributed by atoms with Crippen LogP contribution in [0.5, 0.6) is 0 Å². The maximum Gasteiger partial charge on any atom is 0.337 e. The number of methoxy groups -OCH3 is 1. The molecule has 1 aliphatic rings. The quantitative estimate of drug-likeness (QED) is 0.587. The number of esters is 1. The number of ether oxygens (including phenoxy) is 1. The van der Waals surface area contributed by atoms with E-state index in [0.29, 0.717) is 35.7 Å². The average Bonchev–Trinajstić information content (AvgIpc) is 3.50. The number of amides is 2. The largest absolute Gasteiger partial charge is 0.465 e. The van der Waals surface area contributed by atoms with Gasteiger partial charge in [0.25, 0.3) is 0 Å². The van der Waals surface area contributed by atoms with Gasteiger partial charge >= 0.3 is 5.97 Å². The first-order chi connectivity index (χ1) is 13.4. The Bertz CT molecular complexity index is 899. The molecule has 2 amide bonds. The SMILES string of the molecule is COC(=O)c1cccc(NC(=O)C2(C(=O)Nc3ccc(C(C)C)cc3)CC2)c1. The van der Waals surface area contributed by atoms with Crippen molar-refractivity contribution in [1.29, 1.82) is 0 Å². The van der Waals surface area contributed by atoms with Crippen LogP contribution in [-0.4, -0.2) is 24.9 Å². The lowest BCUT2D eigenvalue weighted by atomic mass is 10.0. The van der Waals surface area contributed by atoms with Gasteiger partial charge in [-0.05, 0) is 54.7 Å². The fraction of sp³-hybridized carbons (Fsp3) is 0.318. The van der Waals surface area contributed by atoms with Gasteiger partial charge in [0.2, 0.25) is 11.8 Å². The van der Waals surface area contributed by atoms with Crippen molar-refractivity contribution in [3.8, 4) is 0 Å². The highest BCUT2D eigenvalue weighted by atomic mass is 16.5. The molecule has 28 heavy (non-hydrogen) atoms. The van der Waals surface area contributed by atoms with Crippen molar-refractivity contribution in [2.75, 3.05) is 17.7 Å². The normalized spacial score (nSPS) is 14.3. The molecule has 1 fully saturated rings. The lowest BCUT2D eigenvalue weighted by Gasteiger charge is -2.16. The predicted molar refractivity (Wildman–Crippen MR) is 107 cm³/mol. The van der Waals surface area contributed by atoms with Gasteiger partial charge < -0.3 is 15.4 Å². The Morgan fingerprint density at radius 2 is 1.54 bits per heavy atom. The maximum atomic E-state index is 12.7. The summed E-state index contributed by atoms with van der Waals surface area (Å²) in [4.78, 5) is 37.1. The molecule has 0 bridgehead atoms. The molecule has 0 unspecified atom stereocenters.